The SMILES string of the molecule is CCC1C(=O)NCCN1C(C)(C)C=C(C#N)C(=O)N1CCCC(n2nc(-c3ccc(Oc4ccccc4)cc3F)c3c(N)ncnc32)C1. The summed E-state index contributed by atoms with van der Waals surface area (Å²) < 4.78 is 23.1. The van der Waals surface area contributed by atoms with E-state index in [-0.39, 0.29) is 47.2 Å². The fraction of sp³-hybridized carbons (Fsp3) is 0.371. The Hall–Kier alpha value is -5.35. The Kier molecular flexibility index (Phi) is 9.10. The fourth-order valence-corrected chi connectivity index (χ4v) is 6.71. The molecule has 2 fully saturated rings. The maximum absolute atomic E-state index is 15.7. The molecule has 0 spiro atoms. The molecular weight excluding hydrogens is 613 g/mol. The second-order valence-electron chi connectivity index (χ2n) is 12.6. The molecule has 4 heterocycles. The quantitative estimate of drug-likeness (QED) is 0.205. The Morgan fingerprint density at radius 2 is 1.98 bits per heavy atom. The number of halogens is 1. The van der Waals surface area contributed by atoms with Gasteiger partial charge in [0, 0.05) is 43.3 Å². The van der Waals surface area contributed by atoms with Crippen LogP contribution in [0.15, 0.2) is 66.5 Å². The number of nitrogens with zero attached hydrogens (tertiary/aromatic N) is 7. The molecule has 2 amide bonds. The Labute approximate surface area is 278 Å². The molecular formula is C35H38FN9O3. The molecule has 2 saturated heterocycles. The van der Waals surface area contributed by atoms with E-state index in [9.17, 15) is 14.9 Å². The van der Waals surface area contributed by atoms with Gasteiger partial charge in [-0.1, -0.05) is 25.1 Å². The van der Waals surface area contributed by atoms with Crippen LogP contribution in [0.5, 0.6) is 11.5 Å². The zero-order valence-corrected chi connectivity index (χ0v) is 27.2. The molecule has 0 radical (unpaired) electrons. The molecule has 48 heavy (non-hydrogen) atoms. The zero-order valence-electron chi connectivity index (χ0n) is 27.2. The van der Waals surface area contributed by atoms with Gasteiger partial charge in [0.15, 0.2) is 5.65 Å². The Morgan fingerprint density at radius 1 is 1.19 bits per heavy atom. The van der Waals surface area contributed by atoms with Gasteiger partial charge in [-0.2, -0.15) is 10.4 Å². The molecule has 2 unspecified atom stereocenters. The van der Waals surface area contributed by atoms with Gasteiger partial charge in [0.25, 0.3) is 5.91 Å². The van der Waals surface area contributed by atoms with Crippen molar-refractivity contribution in [3.63, 3.8) is 0 Å². The molecule has 2 aliphatic heterocycles. The van der Waals surface area contributed by atoms with Crippen LogP contribution in [0.3, 0.4) is 0 Å². The fourth-order valence-electron chi connectivity index (χ4n) is 6.71. The first kappa shape index (κ1) is 32.6. The summed E-state index contributed by atoms with van der Waals surface area (Å²) in [6.45, 7) is 7.60. The highest BCUT2D eigenvalue weighted by Crippen LogP contribution is 2.36. The maximum Gasteiger partial charge on any atom is 0.264 e. The van der Waals surface area contributed by atoms with E-state index in [1.54, 1.807) is 39.9 Å². The highest BCUT2D eigenvalue weighted by atomic mass is 19.1. The molecule has 4 aromatic rings. The van der Waals surface area contributed by atoms with E-state index in [4.69, 9.17) is 15.6 Å². The van der Waals surface area contributed by atoms with Gasteiger partial charge in [0.05, 0.1) is 17.5 Å². The van der Waals surface area contributed by atoms with Crippen LogP contribution in [-0.2, 0) is 9.59 Å². The molecule has 2 aromatic carbocycles. The normalized spacial score (nSPS) is 19.2. The lowest BCUT2D eigenvalue weighted by molar-refractivity contribution is -0.131. The summed E-state index contributed by atoms with van der Waals surface area (Å²) in [6.07, 6.45) is 4.94. The summed E-state index contributed by atoms with van der Waals surface area (Å²) in [4.78, 5) is 38.7. The number of piperidine rings is 1. The Bertz CT molecular complexity index is 1920. The van der Waals surface area contributed by atoms with E-state index in [0.717, 1.165) is 0 Å². The molecule has 2 aliphatic rings. The standard InChI is InChI=1S/C35H38FN9O3/c1-4-28-33(46)39-14-16-44(28)35(2,3)18-22(19-37)34(47)43-15-8-9-23(20-43)45-32-29(31(38)40-21-41-32)30(42-45)26-13-12-25(17-27(26)36)48-24-10-6-5-7-11-24/h5-7,10-13,17-18,21,23,28H,4,8-9,14-16,20H2,1-3H3,(H,39,46)(H2,38,40,41). The second-order valence-corrected chi connectivity index (χ2v) is 12.6. The van der Waals surface area contributed by atoms with Crippen molar-refractivity contribution >= 4 is 28.7 Å². The third-order valence-corrected chi connectivity index (χ3v) is 9.03. The van der Waals surface area contributed by atoms with Crippen molar-refractivity contribution in [3.05, 3.63) is 72.3 Å². The van der Waals surface area contributed by atoms with E-state index in [1.165, 1.54) is 12.4 Å². The number of fused-ring (bicyclic) bond motifs is 1. The van der Waals surface area contributed by atoms with Crippen molar-refractivity contribution in [1.29, 1.82) is 5.26 Å². The second kappa shape index (κ2) is 13.4. The molecule has 12 nitrogen and oxygen atoms in total. The number of likely N-dealkylation sites (tertiary alicyclic amines) is 1. The Balaban J connectivity index is 1.28. The minimum absolute atomic E-state index is 0.0129. The highest BCUT2D eigenvalue weighted by Gasteiger charge is 2.38. The van der Waals surface area contributed by atoms with Crippen molar-refractivity contribution in [2.45, 2.75) is 57.7 Å². The number of ether oxygens (including phenoxy) is 1. The minimum Gasteiger partial charge on any atom is -0.457 e. The predicted octanol–water partition coefficient (Wildman–Crippen LogP) is 4.61. The number of rotatable bonds is 8. The van der Waals surface area contributed by atoms with Crippen molar-refractivity contribution in [2.24, 2.45) is 0 Å². The van der Waals surface area contributed by atoms with Gasteiger partial charge in [-0.3, -0.25) is 14.5 Å². The van der Waals surface area contributed by atoms with Crippen LogP contribution in [0, 0.1) is 17.1 Å². The lowest BCUT2D eigenvalue weighted by Gasteiger charge is -2.44. The van der Waals surface area contributed by atoms with Crippen LogP contribution in [0.25, 0.3) is 22.3 Å². The smallest absolute Gasteiger partial charge is 0.264 e. The number of nitriles is 1. The average Bonchev–Trinajstić information content (AvgIpc) is 3.48. The number of carbonyl (C=O) groups excluding carboxylic acids is 2. The summed E-state index contributed by atoms with van der Waals surface area (Å²) in [7, 11) is 0. The monoisotopic (exact) mass is 651 g/mol. The molecule has 248 valence electrons. The van der Waals surface area contributed by atoms with Crippen molar-refractivity contribution < 1.29 is 18.7 Å². The average molecular weight is 652 g/mol. The van der Waals surface area contributed by atoms with Gasteiger partial charge in [-0.15, -0.1) is 0 Å². The first-order valence-corrected chi connectivity index (χ1v) is 16.1. The lowest BCUT2D eigenvalue weighted by Crippen LogP contribution is -2.61. The molecule has 3 N–H and O–H groups in total. The van der Waals surface area contributed by atoms with Crippen LogP contribution in [0.1, 0.15) is 46.1 Å². The molecule has 2 atom stereocenters. The maximum atomic E-state index is 15.7. The number of carbonyl (C=O) groups is 2. The van der Waals surface area contributed by atoms with Gasteiger partial charge < -0.3 is 20.7 Å². The molecule has 0 bridgehead atoms. The van der Waals surface area contributed by atoms with E-state index >= 15 is 4.39 Å². The number of anilines is 1. The number of para-hydroxylation sites is 1. The summed E-state index contributed by atoms with van der Waals surface area (Å²) in [5.74, 6) is 0.0612. The highest BCUT2D eigenvalue weighted by molar-refractivity contribution is 5.99. The third kappa shape index (κ3) is 6.31. The molecule has 0 saturated carbocycles. The number of aromatic nitrogens is 4. The van der Waals surface area contributed by atoms with E-state index < -0.39 is 17.3 Å². The van der Waals surface area contributed by atoms with E-state index in [0.29, 0.717) is 61.4 Å². The first-order valence-electron chi connectivity index (χ1n) is 16.1. The minimum atomic E-state index is -0.721. The number of nitrogens with two attached hydrogens (primary N) is 1. The summed E-state index contributed by atoms with van der Waals surface area (Å²) >= 11 is 0. The van der Waals surface area contributed by atoms with Crippen molar-refractivity contribution in [2.75, 3.05) is 31.9 Å². The van der Waals surface area contributed by atoms with E-state index in [1.807, 2.05) is 43.9 Å². The van der Waals surface area contributed by atoms with Crippen LogP contribution in [-0.4, -0.2) is 79.1 Å². The number of piperazine rings is 1. The van der Waals surface area contributed by atoms with Gasteiger partial charge in [-0.05, 0) is 63.5 Å². The third-order valence-electron chi connectivity index (χ3n) is 9.03. The zero-order chi connectivity index (χ0) is 34.0. The van der Waals surface area contributed by atoms with E-state index in [2.05, 4.69) is 21.4 Å². The van der Waals surface area contributed by atoms with Gasteiger partial charge in [0.2, 0.25) is 5.91 Å². The Morgan fingerprint density at radius 3 is 2.71 bits per heavy atom. The molecule has 6 rings (SSSR count). The van der Waals surface area contributed by atoms with Crippen LogP contribution in [0.4, 0.5) is 10.2 Å². The largest absolute Gasteiger partial charge is 0.457 e. The van der Waals surface area contributed by atoms with Crippen LogP contribution in [0.2, 0.25) is 0 Å². The number of hydrogen-bond donors (Lipinski definition) is 2. The molecule has 2 aromatic heterocycles. The summed E-state index contributed by atoms with van der Waals surface area (Å²) in [5.41, 5.74) is 6.52. The number of nitrogens with one attached hydrogen (secondary N) is 1. The molecule has 13 heteroatoms. The van der Waals surface area contributed by atoms with Crippen LogP contribution < -0.4 is 15.8 Å². The van der Waals surface area contributed by atoms with Crippen molar-refractivity contribution in [3.8, 4) is 28.8 Å². The summed E-state index contributed by atoms with van der Waals surface area (Å²) in [6, 6.07) is 15.1. The topological polar surface area (TPSA) is 155 Å². The predicted molar refractivity (Wildman–Crippen MR) is 178 cm³/mol. The van der Waals surface area contributed by atoms with Gasteiger partial charge >= 0.3 is 0 Å². The van der Waals surface area contributed by atoms with Crippen LogP contribution >= 0.6 is 0 Å². The number of nitrogen functional groups attached to an aromatic ring is 1. The van der Waals surface area contributed by atoms with Gasteiger partial charge in [-0.25, -0.2) is 19.0 Å². The number of benzene rings is 2. The number of amides is 2. The molecule has 0 aliphatic carbocycles. The van der Waals surface area contributed by atoms with Crippen molar-refractivity contribution in [1.82, 2.24) is 34.9 Å². The van der Waals surface area contributed by atoms with Gasteiger partial charge in [0.1, 0.15) is 46.8 Å². The summed E-state index contributed by atoms with van der Waals surface area (Å²) in [5, 5.41) is 18.2. The number of hydrogen-bond acceptors (Lipinski definition) is 9. The first-order chi connectivity index (χ1) is 23.1. The lowest BCUT2D eigenvalue weighted by atomic mass is 9.93.